The molecule has 0 saturated carbocycles. The second-order valence-electron chi connectivity index (χ2n) is 4.71. The number of carbonyl (C=O) groups excluding carboxylic acids is 1. The average Bonchev–Trinajstić information content (AvgIpc) is 2.77. The highest BCUT2D eigenvalue weighted by atomic mass is 79.9. The Morgan fingerprint density at radius 3 is 2.75 bits per heavy atom. The van der Waals surface area contributed by atoms with E-state index in [1.165, 1.54) is 22.7 Å². The van der Waals surface area contributed by atoms with Gasteiger partial charge < -0.3 is 5.32 Å². The van der Waals surface area contributed by atoms with Crippen LogP contribution in [0.2, 0.25) is 0 Å². The molecule has 0 radical (unpaired) electrons. The van der Waals surface area contributed by atoms with Gasteiger partial charge in [0.25, 0.3) is 0 Å². The summed E-state index contributed by atoms with van der Waals surface area (Å²) in [4.78, 5) is 13.0. The highest BCUT2D eigenvalue weighted by Crippen LogP contribution is 2.33. The summed E-state index contributed by atoms with van der Waals surface area (Å²) in [6.07, 6.45) is 2.23. The van der Waals surface area contributed by atoms with E-state index in [2.05, 4.69) is 21.2 Å². The van der Waals surface area contributed by atoms with E-state index < -0.39 is 16.1 Å². The summed E-state index contributed by atoms with van der Waals surface area (Å²) < 4.78 is 27.7. The quantitative estimate of drug-likeness (QED) is 0.872. The maximum atomic E-state index is 12.8. The van der Waals surface area contributed by atoms with Gasteiger partial charge in [-0.3, -0.25) is 4.79 Å². The van der Waals surface area contributed by atoms with E-state index in [0.717, 1.165) is 21.5 Å². The number of hydrogen-bond donors (Lipinski definition) is 1. The van der Waals surface area contributed by atoms with Gasteiger partial charge >= 0.3 is 0 Å². The highest BCUT2D eigenvalue weighted by molar-refractivity contribution is 9.11. The van der Waals surface area contributed by atoms with E-state index in [0.29, 0.717) is 17.9 Å². The maximum absolute atomic E-state index is 12.8. The lowest BCUT2D eigenvalue weighted by molar-refractivity contribution is -0.125. The number of carbonyl (C=O) groups is 1. The maximum Gasteiger partial charge on any atom is 0.244 e. The number of thiophene rings is 1. The third kappa shape index (κ3) is 2.93. The Morgan fingerprint density at radius 2 is 2.20 bits per heavy atom. The van der Waals surface area contributed by atoms with Crippen molar-refractivity contribution in [2.45, 2.75) is 37.1 Å². The number of sulfonamides is 1. The number of nitrogens with zero attached hydrogens (tertiary/aromatic N) is 1. The predicted octanol–water partition coefficient (Wildman–Crippen LogP) is 2.11. The number of aryl methyl sites for hydroxylation is 1. The van der Waals surface area contributed by atoms with Crippen molar-refractivity contribution >= 4 is 43.2 Å². The summed E-state index contributed by atoms with van der Waals surface area (Å²) in [6.45, 7) is 2.18. The molecule has 0 spiro atoms. The van der Waals surface area contributed by atoms with Crippen LogP contribution in [0, 0.1) is 6.92 Å². The molecular formula is C12H17BrN2O3S2. The van der Waals surface area contributed by atoms with Crippen molar-refractivity contribution < 1.29 is 13.2 Å². The van der Waals surface area contributed by atoms with Crippen LogP contribution in [0.4, 0.5) is 0 Å². The molecule has 1 unspecified atom stereocenters. The van der Waals surface area contributed by atoms with Crippen molar-refractivity contribution in [2.75, 3.05) is 13.6 Å². The molecule has 5 nitrogen and oxygen atoms in total. The van der Waals surface area contributed by atoms with Crippen molar-refractivity contribution in [3.8, 4) is 0 Å². The van der Waals surface area contributed by atoms with Gasteiger partial charge in [-0.05, 0) is 41.8 Å². The number of piperidine rings is 1. The first-order chi connectivity index (χ1) is 9.37. The molecule has 1 aromatic heterocycles. The monoisotopic (exact) mass is 380 g/mol. The summed E-state index contributed by atoms with van der Waals surface area (Å²) in [5.74, 6) is -0.236. The summed E-state index contributed by atoms with van der Waals surface area (Å²) in [5.41, 5.74) is 0. The van der Waals surface area contributed by atoms with Crippen LogP contribution in [-0.4, -0.2) is 38.3 Å². The van der Waals surface area contributed by atoms with E-state index in [-0.39, 0.29) is 5.91 Å². The molecule has 2 heterocycles. The van der Waals surface area contributed by atoms with Crippen LogP contribution in [0.15, 0.2) is 14.7 Å². The summed E-state index contributed by atoms with van der Waals surface area (Å²) in [5, 5.41) is 2.56. The van der Waals surface area contributed by atoms with Gasteiger partial charge in [0, 0.05) is 18.5 Å². The molecule has 8 heteroatoms. The molecule has 2 rings (SSSR count). The van der Waals surface area contributed by atoms with Gasteiger partial charge in [-0.25, -0.2) is 8.42 Å². The van der Waals surface area contributed by atoms with Gasteiger partial charge in [0.05, 0.1) is 8.68 Å². The number of halogens is 1. The van der Waals surface area contributed by atoms with Crippen LogP contribution in [0.5, 0.6) is 0 Å². The molecule has 1 saturated heterocycles. The summed E-state index contributed by atoms with van der Waals surface area (Å²) in [6, 6.07) is 1.02. The van der Waals surface area contributed by atoms with Crippen molar-refractivity contribution in [1.82, 2.24) is 9.62 Å². The molecule has 1 fully saturated rings. The molecule has 112 valence electrons. The minimum absolute atomic E-state index is 0.236. The number of rotatable bonds is 3. The molecular weight excluding hydrogens is 364 g/mol. The zero-order chi connectivity index (χ0) is 14.9. The van der Waals surface area contributed by atoms with Gasteiger partial charge in [-0.1, -0.05) is 6.42 Å². The molecule has 1 N–H and O–H groups in total. The second kappa shape index (κ2) is 6.13. The Morgan fingerprint density at radius 1 is 1.50 bits per heavy atom. The Kier molecular flexibility index (Phi) is 4.88. The smallest absolute Gasteiger partial charge is 0.244 e. The molecule has 1 amide bonds. The lowest BCUT2D eigenvalue weighted by Gasteiger charge is -2.33. The third-order valence-corrected chi connectivity index (χ3v) is 7.15. The number of nitrogens with one attached hydrogen (secondary N) is 1. The second-order valence-corrected chi connectivity index (χ2v) is 9.21. The van der Waals surface area contributed by atoms with E-state index in [4.69, 9.17) is 0 Å². The van der Waals surface area contributed by atoms with Crippen molar-refractivity contribution in [2.24, 2.45) is 0 Å². The fourth-order valence-corrected chi connectivity index (χ4v) is 6.48. The average molecular weight is 381 g/mol. The molecule has 1 aliphatic rings. The topological polar surface area (TPSA) is 66.5 Å². The van der Waals surface area contributed by atoms with Gasteiger partial charge in [0.1, 0.15) is 6.04 Å². The van der Waals surface area contributed by atoms with Crippen LogP contribution < -0.4 is 5.32 Å². The van der Waals surface area contributed by atoms with Crippen molar-refractivity contribution in [3.05, 3.63) is 14.7 Å². The van der Waals surface area contributed by atoms with Crippen LogP contribution >= 0.6 is 27.3 Å². The number of hydrogen-bond acceptors (Lipinski definition) is 4. The molecule has 1 atom stereocenters. The minimum atomic E-state index is -3.62. The normalized spacial score (nSPS) is 20.9. The predicted molar refractivity (Wildman–Crippen MR) is 82.4 cm³/mol. The van der Waals surface area contributed by atoms with Gasteiger partial charge in [0.2, 0.25) is 15.9 Å². The zero-order valence-corrected chi connectivity index (χ0v) is 14.6. The fraction of sp³-hybridized carbons (Fsp3) is 0.583. The SMILES string of the molecule is CNC(=O)C1CCCCN1S(=O)(=O)c1cc(Br)sc1C. The Labute approximate surface area is 131 Å². The molecule has 0 bridgehead atoms. The molecule has 1 aromatic rings. The number of amides is 1. The summed E-state index contributed by atoms with van der Waals surface area (Å²) >= 11 is 4.70. The Balaban J connectivity index is 2.40. The summed E-state index contributed by atoms with van der Waals surface area (Å²) in [7, 11) is -2.09. The highest BCUT2D eigenvalue weighted by Gasteiger charge is 2.38. The third-order valence-electron chi connectivity index (χ3n) is 3.43. The lowest BCUT2D eigenvalue weighted by Crippen LogP contribution is -2.51. The van der Waals surface area contributed by atoms with Crippen LogP contribution in [0.1, 0.15) is 24.1 Å². The van der Waals surface area contributed by atoms with Gasteiger partial charge in [0.15, 0.2) is 0 Å². The standard InChI is InChI=1S/C12H17BrN2O3S2/c1-8-10(7-11(13)19-8)20(17,18)15-6-4-3-5-9(15)12(16)14-2/h7,9H,3-6H2,1-2H3,(H,14,16). The molecule has 1 aliphatic heterocycles. The van der Waals surface area contributed by atoms with Crippen LogP contribution in [0.3, 0.4) is 0 Å². The first-order valence-corrected chi connectivity index (χ1v) is 9.42. The molecule has 0 aromatic carbocycles. The Hall–Kier alpha value is -0.440. The lowest BCUT2D eigenvalue weighted by atomic mass is 10.0. The minimum Gasteiger partial charge on any atom is -0.358 e. The first kappa shape index (κ1) is 15.9. The van der Waals surface area contributed by atoms with Crippen LogP contribution in [0.25, 0.3) is 0 Å². The van der Waals surface area contributed by atoms with E-state index in [9.17, 15) is 13.2 Å². The van der Waals surface area contributed by atoms with Gasteiger partial charge in [-0.15, -0.1) is 11.3 Å². The van der Waals surface area contributed by atoms with E-state index in [1.807, 2.05) is 0 Å². The zero-order valence-electron chi connectivity index (χ0n) is 11.3. The van der Waals surface area contributed by atoms with Crippen molar-refractivity contribution in [3.63, 3.8) is 0 Å². The van der Waals surface area contributed by atoms with Crippen molar-refractivity contribution in [1.29, 1.82) is 0 Å². The largest absolute Gasteiger partial charge is 0.358 e. The van der Waals surface area contributed by atoms with Gasteiger partial charge in [-0.2, -0.15) is 4.31 Å². The van der Waals surface area contributed by atoms with E-state index in [1.54, 1.807) is 13.0 Å². The first-order valence-electron chi connectivity index (χ1n) is 6.37. The molecule has 20 heavy (non-hydrogen) atoms. The van der Waals surface area contributed by atoms with Crippen LogP contribution in [-0.2, 0) is 14.8 Å². The number of likely N-dealkylation sites (N-methyl/N-ethyl adjacent to an activating group) is 1. The fourth-order valence-electron chi connectivity index (χ4n) is 2.43. The van der Waals surface area contributed by atoms with E-state index >= 15 is 0 Å². The Bertz CT molecular complexity index is 612. The molecule has 0 aliphatic carbocycles.